The van der Waals surface area contributed by atoms with Crippen molar-refractivity contribution in [2.24, 2.45) is 0 Å². The van der Waals surface area contributed by atoms with E-state index in [1.165, 1.54) is 0 Å². The molecular weight excluding hydrogens is 269 g/mol. The lowest BCUT2D eigenvalue weighted by molar-refractivity contribution is -0.144. The molecule has 5 nitrogen and oxygen atoms in total. The summed E-state index contributed by atoms with van der Waals surface area (Å²) < 4.78 is 40.4. The summed E-state index contributed by atoms with van der Waals surface area (Å²) in [5, 5.41) is 9.10. The average Bonchev–Trinajstić information content (AvgIpc) is 2.79. The van der Waals surface area contributed by atoms with Gasteiger partial charge in [0, 0.05) is 44.3 Å². The molecule has 0 bridgehead atoms. The normalized spacial score (nSPS) is 18.3. The van der Waals surface area contributed by atoms with E-state index in [4.69, 9.17) is 5.11 Å². The van der Waals surface area contributed by atoms with Gasteiger partial charge in [-0.05, 0) is 0 Å². The van der Waals surface area contributed by atoms with Gasteiger partial charge in [-0.15, -0.1) is 0 Å². The van der Waals surface area contributed by atoms with E-state index in [0.717, 1.165) is 11.5 Å². The summed E-state index contributed by atoms with van der Waals surface area (Å²) in [5.74, 6) is -1.07. The number of hydrogen-bond donors (Lipinski definition) is 1. The van der Waals surface area contributed by atoms with Gasteiger partial charge in [0.1, 0.15) is 0 Å². The van der Waals surface area contributed by atoms with Gasteiger partial charge in [0.05, 0.1) is 6.61 Å². The van der Waals surface area contributed by atoms with Crippen LogP contribution in [0.3, 0.4) is 0 Å². The topological polar surface area (TPSA) is 52.5 Å². The van der Waals surface area contributed by atoms with Crippen LogP contribution in [0.15, 0.2) is 0 Å². The number of alkyl halides is 3. The van der Waals surface area contributed by atoms with Gasteiger partial charge in [-0.1, -0.05) is 0 Å². The number of rotatable bonds is 3. The van der Waals surface area contributed by atoms with Crippen molar-refractivity contribution in [2.75, 3.05) is 44.2 Å². The van der Waals surface area contributed by atoms with Crippen molar-refractivity contribution in [2.45, 2.75) is 6.18 Å². The first-order chi connectivity index (χ1) is 8.50. The monoisotopic (exact) mass is 282 g/mol. The zero-order valence-corrected chi connectivity index (χ0v) is 10.3. The van der Waals surface area contributed by atoms with Gasteiger partial charge < -0.3 is 10.0 Å². The van der Waals surface area contributed by atoms with E-state index in [-0.39, 0.29) is 6.61 Å². The molecule has 1 aliphatic heterocycles. The number of nitrogens with zero attached hydrogens (tertiary/aromatic N) is 4. The Morgan fingerprint density at radius 1 is 1.22 bits per heavy atom. The Hall–Kier alpha value is -0.930. The Bertz CT molecular complexity index is 389. The van der Waals surface area contributed by atoms with Crippen molar-refractivity contribution in [1.29, 1.82) is 0 Å². The number of hydrogen-bond acceptors (Lipinski definition) is 6. The highest BCUT2D eigenvalue weighted by Gasteiger charge is 2.36. The minimum absolute atomic E-state index is 0.0943. The molecule has 9 heteroatoms. The number of halogens is 3. The largest absolute Gasteiger partial charge is 0.452 e. The summed E-state index contributed by atoms with van der Waals surface area (Å²) in [7, 11) is 0. The van der Waals surface area contributed by atoms with Crippen molar-refractivity contribution in [1.82, 2.24) is 14.3 Å². The number of aliphatic hydroxyl groups is 1. The van der Waals surface area contributed by atoms with E-state index in [2.05, 4.69) is 14.3 Å². The van der Waals surface area contributed by atoms with E-state index in [1.54, 1.807) is 4.90 Å². The van der Waals surface area contributed by atoms with Crippen LogP contribution in [0.1, 0.15) is 5.82 Å². The van der Waals surface area contributed by atoms with Crippen LogP contribution >= 0.6 is 11.5 Å². The second-order valence-corrected chi connectivity index (χ2v) is 4.68. The smallest absolute Gasteiger partial charge is 0.395 e. The van der Waals surface area contributed by atoms with Crippen LogP contribution < -0.4 is 4.90 Å². The van der Waals surface area contributed by atoms with Crippen LogP contribution in [-0.4, -0.2) is 58.7 Å². The third-order valence-electron chi connectivity index (χ3n) is 2.73. The molecule has 0 spiro atoms. The molecule has 1 aliphatic rings. The lowest BCUT2D eigenvalue weighted by Crippen LogP contribution is -2.47. The maximum absolute atomic E-state index is 12.4. The Balaban J connectivity index is 1.95. The zero-order chi connectivity index (χ0) is 13.2. The lowest BCUT2D eigenvalue weighted by Gasteiger charge is -2.33. The van der Waals surface area contributed by atoms with Crippen LogP contribution in [0.25, 0.3) is 0 Å². The molecule has 1 aromatic heterocycles. The highest BCUT2D eigenvalue weighted by molar-refractivity contribution is 7.09. The lowest BCUT2D eigenvalue weighted by atomic mass is 10.3. The van der Waals surface area contributed by atoms with E-state index in [0.29, 0.717) is 37.9 Å². The molecule has 2 heterocycles. The molecule has 0 atom stereocenters. The van der Waals surface area contributed by atoms with Crippen molar-refractivity contribution in [3.8, 4) is 0 Å². The van der Waals surface area contributed by atoms with E-state index >= 15 is 0 Å². The highest BCUT2D eigenvalue weighted by atomic mass is 32.1. The molecule has 1 fully saturated rings. The van der Waals surface area contributed by atoms with Crippen LogP contribution in [0.5, 0.6) is 0 Å². The predicted octanol–water partition coefficient (Wildman–Crippen LogP) is 0.671. The summed E-state index contributed by atoms with van der Waals surface area (Å²) in [6, 6.07) is 0. The molecule has 0 saturated carbocycles. The Kier molecular flexibility index (Phi) is 4.03. The highest BCUT2D eigenvalue weighted by Crippen LogP contribution is 2.30. The fourth-order valence-electron chi connectivity index (χ4n) is 1.76. The van der Waals surface area contributed by atoms with E-state index in [9.17, 15) is 13.2 Å². The molecule has 0 aromatic carbocycles. The van der Waals surface area contributed by atoms with Crippen LogP contribution in [-0.2, 0) is 6.18 Å². The van der Waals surface area contributed by atoms with Crippen LogP contribution in [0, 0.1) is 0 Å². The SMILES string of the molecule is OCCN1CCN(c2nc(C(F)(F)F)ns2)CC1. The molecule has 0 amide bonds. The maximum atomic E-state index is 12.4. The van der Waals surface area contributed by atoms with Crippen molar-refractivity contribution in [3.63, 3.8) is 0 Å². The molecular formula is C9H13F3N4OS. The van der Waals surface area contributed by atoms with Crippen LogP contribution in [0.4, 0.5) is 18.3 Å². The van der Waals surface area contributed by atoms with Crippen molar-refractivity contribution < 1.29 is 18.3 Å². The van der Waals surface area contributed by atoms with Crippen molar-refractivity contribution >= 4 is 16.7 Å². The summed E-state index contributed by atoms with van der Waals surface area (Å²) in [5.41, 5.74) is 0. The molecule has 102 valence electrons. The summed E-state index contributed by atoms with van der Waals surface area (Å²) >= 11 is 0.774. The molecule has 1 N–H and O–H groups in total. The number of aromatic nitrogens is 2. The molecule has 2 rings (SSSR count). The molecule has 1 aromatic rings. The Morgan fingerprint density at radius 3 is 2.39 bits per heavy atom. The minimum Gasteiger partial charge on any atom is -0.395 e. The van der Waals surface area contributed by atoms with Gasteiger partial charge in [-0.3, -0.25) is 4.90 Å². The summed E-state index contributed by atoms with van der Waals surface area (Å²) in [6.07, 6.45) is -4.48. The van der Waals surface area contributed by atoms with Crippen molar-refractivity contribution in [3.05, 3.63) is 5.82 Å². The fraction of sp³-hybridized carbons (Fsp3) is 0.778. The first kappa shape index (κ1) is 13.5. The molecule has 0 radical (unpaired) electrons. The number of β-amino-alcohol motifs (C(OH)–C–C–N with tert-alkyl or cyclic N) is 1. The van der Waals surface area contributed by atoms with Gasteiger partial charge in [-0.2, -0.15) is 22.5 Å². The fourth-order valence-corrected chi connectivity index (χ4v) is 2.50. The zero-order valence-electron chi connectivity index (χ0n) is 9.52. The Morgan fingerprint density at radius 2 is 1.89 bits per heavy atom. The van der Waals surface area contributed by atoms with Crippen LogP contribution in [0.2, 0.25) is 0 Å². The standard InChI is InChI=1S/C9H13F3N4OS/c10-9(11,12)7-13-8(18-14-7)16-3-1-15(2-4-16)5-6-17/h17H,1-6H2. The third kappa shape index (κ3) is 3.09. The van der Waals surface area contributed by atoms with Gasteiger partial charge in [0.25, 0.3) is 0 Å². The predicted molar refractivity (Wildman–Crippen MR) is 60.6 cm³/mol. The summed E-state index contributed by atoms with van der Waals surface area (Å²) in [4.78, 5) is 7.37. The molecule has 18 heavy (non-hydrogen) atoms. The number of piperazine rings is 1. The van der Waals surface area contributed by atoms with Gasteiger partial charge >= 0.3 is 6.18 Å². The summed E-state index contributed by atoms with van der Waals surface area (Å²) in [6.45, 7) is 3.32. The maximum Gasteiger partial charge on any atom is 0.452 e. The number of anilines is 1. The number of aliphatic hydroxyl groups excluding tert-OH is 1. The van der Waals surface area contributed by atoms with Gasteiger partial charge in [0.2, 0.25) is 11.0 Å². The minimum atomic E-state index is -4.48. The molecule has 0 unspecified atom stereocenters. The van der Waals surface area contributed by atoms with Gasteiger partial charge in [0.15, 0.2) is 0 Å². The molecule has 1 saturated heterocycles. The van der Waals surface area contributed by atoms with E-state index < -0.39 is 12.0 Å². The second kappa shape index (κ2) is 5.37. The quantitative estimate of drug-likeness (QED) is 0.883. The molecule has 0 aliphatic carbocycles. The van der Waals surface area contributed by atoms with E-state index in [1.807, 2.05) is 0 Å². The van der Waals surface area contributed by atoms with Gasteiger partial charge in [-0.25, -0.2) is 0 Å². The first-order valence-electron chi connectivity index (χ1n) is 5.50. The third-order valence-corrected chi connectivity index (χ3v) is 3.50. The second-order valence-electron chi connectivity index (χ2n) is 3.95. The average molecular weight is 282 g/mol. The first-order valence-corrected chi connectivity index (χ1v) is 6.27. The Labute approximate surface area is 106 Å².